The Bertz CT molecular complexity index is 1480. The predicted octanol–water partition coefficient (Wildman–Crippen LogP) is 7.33. The number of carbonyl (C=O) groups is 1. The smallest absolute Gasteiger partial charge is 0.307 e. The Balaban J connectivity index is 1.52. The molecule has 0 aromatic carbocycles. The molecule has 4 N–H and O–H groups in total. The molecule has 1 aromatic rings. The molecule has 10 heteroatoms. The van der Waals surface area contributed by atoms with E-state index < -0.39 is 11.9 Å². The average molecular weight is 697 g/mol. The summed E-state index contributed by atoms with van der Waals surface area (Å²) in [4.78, 5) is 15.3. The van der Waals surface area contributed by atoms with Gasteiger partial charge < -0.3 is 25.6 Å². The lowest BCUT2D eigenvalue weighted by atomic mass is 9.36. The maximum Gasteiger partial charge on any atom is 0.307 e. The number of aromatic nitrogens is 4. The van der Waals surface area contributed by atoms with Crippen LogP contribution in [-0.4, -0.2) is 69.3 Å². The number of nitrogen functional groups attached to an aromatic ring is 1. The summed E-state index contributed by atoms with van der Waals surface area (Å²) in [5.41, 5.74) is 7.50. The van der Waals surface area contributed by atoms with Gasteiger partial charge in [0.15, 0.2) is 0 Å². The first kappa shape index (κ1) is 37.7. The zero-order valence-electron chi connectivity index (χ0n) is 33.1. The van der Waals surface area contributed by atoms with Crippen molar-refractivity contribution in [3.63, 3.8) is 0 Å². The Morgan fingerprint density at radius 2 is 1.82 bits per heavy atom. The molecule has 3 fully saturated rings. The molecule has 0 unspecified atom stereocenters. The number of hydrogen-bond acceptors (Lipinski definition) is 8. The first-order valence-corrected chi connectivity index (χ1v) is 19.8. The van der Waals surface area contributed by atoms with E-state index in [0.717, 1.165) is 57.9 Å². The molecule has 282 valence electrons. The maximum absolute atomic E-state index is 13.6. The molecule has 2 saturated carbocycles. The molecule has 5 aliphatic rings. The molecule has 4 aliphatic carbocycles. The molecule has 0 spiro atoms. The van der Waals surface area contributed by atoms with Gasteiger partial charge in [-0.3, -0.25) is 4.79 Å². The summed E-state index contributed by atoms with van der Waals surface area (Å²) >= 11 is 0. The third kappa shape index (κ3) is 5.34. The summed E-state index contributed by atoms with van der Waals surface area (Å²) in [6, 6.07) is -0.159. The number of anilines is 1. The van der Waals surface area contributed by atoms with Crippen LogP contribution in [0.4, 0.5) is 5.95 Å². The van der Waals surface area contributed by atoms with Crippen molar-refractivity contribution in [2.24, 2.45) is 56.7 Å². The number of nitrogens with zero attached hydrogens (tertiary/aromatic N) is 4. The molecule has 10 nitrogen and oxygen atoms in total. The van der Waals surface area contributed by atoms with Crippen molar-refractivity contribution >= 4 is 11.9 Å². The number of rotatable bonds is 11. The SMILES string of the molecule is CCCN[C@@](C)(CO[C@H]1[C@H](n2nnc(N)n2)C[C@]2(C)COC[C@@]13C1=C(CC[C@H]23)[C@]2(C)CC[C@](C)([C@H](C)C(C)C)[C@@H](C(=O)O)[C@]2(C)CC1)C(C)C. The fourth-order valence-corrected chi connectivity index (χ4v) is 12.5. The largest absolute Gasteiger partial charge is 0.481 e. The lowest BCUT2D eigenvalue weighted by molar-refractivity contribution is -0.243. The molecule has 6 rings (SSSR count). The first-order chi connectivity index (χ1) is 23.3. The topological polar surface area (TPSA) is 137 Å². The van der Waals surface area contributed by atoms with Crippen LogP contribution >= 0.6 is 0 Å². The fraction of sp³-hybridized carbons (Fsp3) is 0.900. The summed E-state index contributed by atoms with van der Waals surface area (Å²) in [5, 5.41) is 28.3. The van der Waals surface area contributed by atoms with E-state index >= 15 is 0 Å². The van der Waals surface area contributed by atoms with Crippen LogP contribution in [0.1, 0.15) is 134 Å². The monoisotopic (exact) mass is 697 g/mol. The molecular weight excluding hydrogens is 628 g/mol. The van der Waals surface area contributed by atoms with Crippen molar-refractivity contribution in [1.82, 2.24) is 25.5 Å². The van der Waals surface area contributed by atoms with E-state index in [-0.39, 0.29) is 50.7 Å². The molecule has 50 heavy (non-hydrogen) atoms. The van der Waals surface area contributed by atoms with Gasteiger partial charge in [-0.2, -0.15) is 4.80 Å². The minimum absolute atomic E-state index is 0.103. The van der Waals surface area contributed by atoms with Crippen LogP contribution in [0.2, 0.25) is 0 Å². The number of nitrogens with one attached hydrogen (secondary N) is 1. The molecule has 1 aromatic heterocycles. The summed E-state index contributed by atoms with van der Waals surface area (Å²) in [5.74, 6) is 0.573. The number of nitrogens with two attached hydrogens (primary N) is 1. The Labute approximate surface area is 301 Å². The van der Waals surface area contributed by atoms with Gasteiger partial charge in [0.05, 0.1) is 31.8 Å². The lowest BCUT2D eigenvalue weighted by Gasteiger charge is -2.70. The zero-order chi connectivity index (χ0) is 36.7. The average Bonchev–Trinajstić information content (AvgIpc) is 3.48. The Morgan fingerprint density at radius 1 is 1.10 bits per heavy atom. The van der Waals surface area contributed by atoms with Crippen molar-refractivity contribution in [1.29, 1.82) is 0 Å². The molecule has 1 aliphatic heterocycles. The van der Waals surface area contributed by atoms with Crippen molar-refractivity contribution in [2.45, 2.75) is 145 Å². The van der Waals surface area contributed by atoms with E-state index in [4.69, 9.17) is 15.2 Å². The Morgan fingerprint density at radius 3 is 2.42 bits per heavy atom. The van der Waals surface area contributed by atoms with Gasteiger partial charge in [-0.1, -0.05) is 85.5 Å². The summed E-state index contributed by atoms with van der Waals surface area (Å²) < 4.78 is 14.2. The van der Waals surface area contributed by atoms with E-state index in [0.29, 0.717) is 43.5 Å². The van der Waals surface area contributed by atoms with E-state index in [1.54, 1.807) is 4.80 Å². The molecule has 2 heterocycles. The van der Waals surface area contributed by atoms with E-state index in [2.05, 4.69) is 96.9 Å². The van der Waals surface area contributed by atoms with Gasteiger partial charge in [0.25, 0.3) is 5.95 Å². The van der Waals surface area contributed by atoms with Gasteiger partial charge in [0.2, 0.25) is 0 Å². The van der Waals surface area contributed by atoms with Crippen LogP contribution in [0, 0.1) is 56.7 Å². The zero-order valence-corrected chi connectivity index (χ0v) is 33.1. The third-order valence-electron chi connectivity index (χ3n) is 16.3. The highest BCUT2D eigenvalue weighted by Crippen LogP contribution is 2.75. The minimum Gasteiger partial charge on any atom is -0.481 e. The van der Waals surface area contributed by atoms with Crippen LogP contribution in [0.3, 0.4) is 0 Å². The number of hydrogen-bond donors (Lipinski definition) is 3. The van der Waals surface area contributed by atoms with Crippen LogP contribution in [-0.2, 0) is 14.3 Å². The normalized spacial score (nSPS) is 41.7. The van der Waals surface area contributed by atoms with Gasteiger partial charge >= 0.3 is 5.97 Å². The minimum atomic E-state index is -0.626. The highest BCUT2D eigenvalue weighted by Gasteiger charge is 2.71. The van der Waals surface area contributed by atoms with Gasteiger partial charge in [0, 0.05) is 11.0 Å². The standard InChI is InChI=1S/C40H68N6O4/c1-12-19-42-39(11,25(4)5)22-50-32-29(46-44-34(41)43-45-46)20-35(7)21-49-23-40(32)28-15-16-38(10)31(33(47)48)36(8,26(6)24(2)3)17-18-37(38,9)27(28)13-14-30(35)40/h24-26,29-32,42H,12-23H2,1-11H3,(H2,41,44)(H,47,48)/t26-,29-,30-,31-,32+,35-,36-,37+,38+,39+,40+/m1/s1. The van der Waals surface area contributed by atoms with Gasteiger partial charge in [-0.15, -0.1) is 5.10 Å². The molecule has 0 radical (unpaired) electrons. The predicted molar refractivity (Wildman–Crippen MR) is 196 cm³/mol. The van der Waals surface area contributed by atoms with Crippen molar-refractivity contribution in [3.8, 4) is 0 Å². The van der Waals surface area contributed by atoms with E-state index in [1.165, 1.54) is 11.1 Å². The second kappa shape index (κ2) is 12.8. The molecule has 2 bridgehead atoms. The van der Waals surface area contributed by atoms with E-state index in [1.807, 2.05) is 0 Å². The number of carboxylic acid groups (broad SMARTS) is 1. The number of aliphatic carboxylic acids is 1. The number of tetrazole rings is 1. The second-order valence-corrected chi connectivity index (χ2v) is 19.3. The lowest BCUT2D eigenvalue weighted by Crippen LogP contribution is -2.68. The molecule has 11 atom stereocenters. The number of fused-ring (bicyclic) bond motifs is 2. The van der Waals surface area contributed by atoms with Gasteiger partial charge in [-0.05, 0) is 115 Å². The van der Waals surface area contributed by atoms with Crippen LogP contribution in [0.25, 0.3) is 0 Å². The fourth-order valence-electron chi connectivity index (χ4n) is 12.5. The highest BCUT2D eigenvalue weighted by molar-refractivity contribution is 5.73. The van der Waals surface area contributed by atoms with Gasteiger partial charge in [0.1, 0.15) is 6.04 Å². The number of ether oxygens (including phenoxy) is 2. The summed E-state index contributed by atoms with van der Waals surface area (Å²) in [6.07, 6.45) is 7.31. The third-order valence-corrected chi connectivity index (χ3v) is 16.3. The van der Waals surface area contributed by atoms with Crippen LogP contribution in [0.15, 0.2) is 11.1 Å². The first-order valence-electron chi connectivity index (χ1n) is 19.8. The summed E-state index contributed by atoms with van der Waals surface area (Å²) in [7, 11) is 0. The number of carboxylic acids is 1. The molecule has 0 amide bonds. The van der Waals surface area contributed by atoms with Crippen LogP contribution < -0.4 is 11.1 Å². The van der Waals surface area contributed by atoms with E-state index in [9.17, 15) is 9.90 Å². The van der Waals surface area contributed by atoms with Crippen molar-refractivity contribution in [2.75, 3.05) is 32.1 Å². The number of allylic oxidation sites excluding steroid dienone is 1. The summed E-state index contributed by atoms with van der Waals surface area (Å²) in [6.45, 7) is 28.0. The molecule has 1 saturated heterocycles. The van der Waals surface area contributed by atoms with Crippen LogP contribution in [0.5, 0.6) is 0 Å². The van der Waals surface area contributed by atoms with Crippen molar-refractivity contribution in [3.05, 3.63) is 11.1 Å². The Hall–Kier alpha value is -2.04. The van der Waals surface area contributed by atoms with Crippen molar-refractivity contribution < 1.29 is 19.4 Å². The highest BCUT2D eigenvalue weighted by atomic mass is 16.5. The molecular formula is C40H68N6O4. The maximum atomic E-state index is 13.6. The van der Waals surface area contributed by atoms with Gasteiger partial charge in [-0.25, -0.2) is 0 Å². The Kier molecular flexibility index (Phi) is 9.67. The second-order valence-electron chi connectivity index (χ2n) is 19.3. The quantitative estimate of drug-likeness (QED) is 0.203.